The monoisotopic (exact) mass is 411 g/mol. The van der Waals surface area contributed by atoms with Gasteiger partial charge in [-0.15, -0.1) is 11.8 Å². The van der Waals surface area contributed by atoms with E-state index < -0.39 is 10.1 Å². The Balaban J connectivity index is 1.69. The molecule has 0 bridgehead atoms. The van der Waals surface area contributed by atoms with Crippen LogP contribution < -0.4 is 0 Å². The van der Waals surface area contributed by atoms with Crippen molar-refractivity contribution in [3.05, 3.63) is 102 Å². The summed E-state index contributed by atoms with van der Waals surface area (Å²) in [5, 5.41) is 0. The van der Waals surface area contributed by atoms with Crippen LogP contribution in [0, 0.1) is 13.3 Å². The van der Waals surface area contributed by atoms with Gasteiger partial charge in [-0.25, -0.2) is 0 Å². The van der Waals surface area contributed by atoms with Gasteiger partial charge in [0.05, 0.1) is 4.90 Å². The van der Waals surface area contributed by atoms with Crippen LogP contribution in [0.4, 0.5) is 0 Å². The third-order valence-corrected chi connectivity index (χ3v) is 6.55. The summed E-state index contributed by atoms with van der Waals surface area (Å²) in [6.07, 6.45) is 2.95. The number of hydrogen-bond donors (Lipinski definition) is 1. The Labute approximate surface area is 171 Å². The minimum atomic E-state index is -4.15. The highest BCUT2D eigenvalue weighted by molar-refractivity contribution is 7.99. The molecule has 0 amide bonds. The lowest BCUT2D eigenvalue weighted by molar-refractivity contribution is 0.483. The summed E-state index contributed by atoms with van der Waals surface area (Å²) in [4.78, 5) is 1.18. The molecule has 3 nitrogen and oxygen atoms in total. The fourth-order valence-corrected chi connectivity index (χ4v) is 4.63. The number of hydrogen-bond acceptors (Lipinski definition) is 3. The van der Waals surface area contributed by atoms with Gasteiger partial charge < -0.3 is 0 Å². The van der Waals surface area contributed by atoms with Gasteiger partial charge in [0.25, 0.3) is 10.1 Å². The van der Waals surface area contributed by atoms with Gasteiger partial charge in [-0.2, -0.15) is 8.42 Å². The first-order valence-electron chi connectivity index (χ1n) is 9.07. The molecule has 0 fully saturated rings. The maximum Gasteiger partial charge on any atom is 0.294 e. The molecule has 0 saturated heterocycles. The highest BCUT2D eigenvalue weighted by Crippen LogP contribution is 2.31. The molecule has 28 heavy (non-hydrogen) atoms. The van der Waals surface area contributed by atoms with Crippen molar-refractivity contribution in [2.24, 2.45) is 0 Å². The van der Waals surface area contributed by atoms with E-state index in [1.54, 1.807) is 12.1 Å². The summed E-state index contributed by atoms with van der Waals surface area (Å²) in [6, 6.07) is 25.3. The SMILES string of the molecule is Cc1cccc(SCC(C[CH]c2ccc(S(=O)(=O)O)cc2)c2ccccc2)c1. The topological polar surface area (TPSA) is 54.4 Å². The molecule has 3 aromatic rings. The van der Waals surface area contributed by atoms with Gasteiger partial charge in [0.1, 0.15) is 0 Å². The standard InChI is InChI=1S/C23H23O3S2/c1-18-6-5-9-22(16-18)27-17-21(20-7-3-2-4-8-20)13-10-19-11-14-23(15-12-19)28(24,25)26/h2-12,14-16,21H,13,17H2,1H3,(H,24,25,26). The Morgan fingerprint density at radius 3 is 2.32 bits per heavy atom. The Morgan fingerprint density at radius 2 is 1.68 bits per heavy atom. The third kappa shape index (κ3) is 5.96. The first-order chi connectivity index (χ1) is 13.4. The lowest BCUT2D eigenvalue weighted by Gasteiger charge is -2.17. The van der Waals surface area contributed by atoms with Crippen molar-refractivity contribution in [1.29, 1.82) is 0 Å². The van der Waals surface area contributed by atoms with Crippen LogP contribution in [0.5, 0.6) is 0 Å². The third-order valence-electron chi connectivity index (χ3n) is 4.53. The molecule has 145 valence electrons. The van der Waals surface area contributed by atoms with E-state index in [0.29, 0.717) is 5.92 Å². The molecule has 0 heterocycles. The molecule has 0 spiro atoms. The molecule has 1 N–H and O–H groups in total. The fraction of sp³-hybridized carbons (Fsp3) is 0.174. The van der Waals surface area contributed by atoms with Gasteiger partial charge in [-0.1, -0.05) is 60.2 Å². The van der Waals surface area contributed by atoms with Gasteiger partial charge in [-0.05, 0) is 61.1 Å². The average molecular weight is 412 g/mol. The zero-order valence-electron chi connectivity index (χ0n) is 15.7. The fourth-order valence-electron chi connectivity index (χ4n) is 2.98. The predicted octanol–water partition coefficient (Wildman–Crippen LogP) is 5.76. The molecular formula is C23H23O3S2. The van der Waals surface area contributed by atoms with Gasteiger partial charge in [0, 0.05) is 10.6 Å². The van der Waals surface area contributed by atoms with Crippen LogP contribution in [0.1, 0.15) is 29.0 Å². The van der Waals surface area contributed by atoms with Crippen LogP contribution in [0.3, 0.4) is 0 Å². The molecule has 5 heteroatoms. The van der Waals surface area contributed by atoms with Crippen molar-refractivity contribution in [3.8, 4) is 0 Å². The van der Waals surface area contributed by atoms with E-state index in [-0.39, 0.29) is 4.90 Å². The van der Waals surface area contributed by atoms with E-state index in [1.807, 2.05) is 17.8 Å². The molecule has 0 saturated carbocycles. The molecule has 1 radical (unpaired) electrons. The van der Waals surface area contributed by atoms with Crippen molar-refractivity contribution in [2.45, 2.75) is 29.1 Å². The number of aryl methyl sites for hydroxylation is 1. The molecule has 0 aromatic heterocycles. The number of thioether (sulfide) groups is 1. The molecule has 0 aliphatic heterocycles. The van der Waals surface area contributed by atoms with Crippen LogP contribution in [-0.2, 0) is 10.1 Å². The minimum absolute atomic E-state index is 0.0840. The van der Waals surface area contributed by atoms with Gasteiger partial charge in [0.15, 0.2) is 0 Å². The Bertz CT molecular complexity index is 998. The van der Waals surface area contributed by atoms with Crippen LogP contribution in [0.25, 0.3) is 0 Å². The van der Waals surface area contributed by atoms with E-state index in [4.69, 9.17) is 4.55 Å². The summed E-state index contributed by atoms with van der Waals surface area (Å²) in [6.45, 7) is 2.10. The molecular weight excluding hydrogens is 388 g/mol. The second-order valence-corrected chi connectivity index (χ2v) is 9.23. The smallest absolute Gasteiger partial charge is 0.282 e. The predicted molar refractivity (Wildman–Crippen MR) is 115 cm³/mol. The molecule has 3 aromatic carbocycles. The normalized spacial score (nSPS) is 12.6. The maximum atomic E-state index is 11.2. The summed E-state index contributed by atoms with van der Waals surface area (Å²) in [5.41, 5.74) is 3.48. The largest absolute Gasteiger partial charge is 0.294 e. The Kier molecular flexibility index (Phi) is 6.94. The summed E-state index contributed by atoms with van der Waals surface area (Å²) < 4.78 is 31.5. The van der Waals surface area contributed by atoms with E-state index in [1.165, 1.54) is 28.2 Å². The van der Waals surface area contributed by atoms with Crippen molar-refractivity contribution >= 4 is 21.9 Å². The Morgan fingerprint density at radius 1 is 0.964 bits per heavy atom. The summed E-state index contributed by atoms with van der Waals surface area (Å²) in [5.74, 6) is 1.29. The molecule has 0 aliphatic carbocycles. The lowest BCUT2D eigenvalue weighted by Crippen LogP contribution is -2.03. The zero-order valence-corrected chi connectivity index (χ0v) is 17.3. The summed E-state index contributed by atoms with van der Waals surface area (Å²) >= 11 is 1.85. The second-order valence-electron chi connectivity index (χ2n) is 6.72. The van der Waals surface area contributed by atoms with Crippen LogP contribution in [0.15, 0.2) is 88.7 Å². The van der Waals surface area contributed by atoms with Crippen molar-refractivity contribution < 1.29 is 13.0 Å². The molecule has 1 unspecified atom stereocenters. The van der Waals surface area contributed by atoms with Gasteiger partial charge >= 0.3 is 0 Å². The molecule has 3 rings (SSSR count). The molecule has 0 aliphatic rings. The highest BCUT2D eigenvalue weighted by atomic mass is 32.2. The van der Waals surface area contributed by atoms with E-state index in [0.717, 1.165) is 17.7 Å². The van der Waals surface area contributed by atoms with Crippen molar-refractivity contribution in [2.75, 3.05) is 5.75 Å². The second kappa shape index (κ2) is 9.41. The van der Waals surface area contributed by atoms with Crippen molar-refractivity contribution in [3.63, 3.8) is 0 Å². The number of rotatable bonds is 8. The van der Waals surface area contributed by atoms with E-state index >= 15 is 0 Å². The maximum absolute atomic E-state index is 11.2. The van der Waals surface area contributed by atoms with Crippen molar-refractivity contribution in [1.82, 2.24) is 0 Å². The highest BCUT2D eigenvalue weighted by Gasteiger charge is 2.14. The van der Waals surface area contributed by atoms with E-state index in [9.17, 15) is 8.42 Å². The average Bonchev–Trinajstić information content (AvgIpc) is 2.68. The lowest BCUT2D eigenvalue weighted by atomic mass is 9.94. The van der Waals surface area contributed by atoms with Crippen LogP contribution in [0.2, 0.25) is 0 Å². The Hall–Kier alpha value is -2.08. The minimum Gasteiger partial charge on any atom is -0.282 e. The number of benzene rings is 3. The quantitative estimate of drug-likeness (QED) is 0.378. The summed E-state index contributed by atoms with van der Waals surface area (Å²) in [7, 11) is -4.15. The van der Waals surface area contributed by atoms with Crippen LogP contribution in [-0.4, -0.2) is 18.7 Å². The van der Waals surface area contributed by atoms with Gasteiger partial charge in [-0.3, -0.25) is 4.55 Å². The first-order valence-corrected chi connectivity index (χ1v) is 11.5. The van der Waals surface area contributed by atoms with Gasteiger partial charge in [0.2, 0.25) is 0 Å². The first kappa shape index (κ1) is 20.6. The van der Waals surface area contributed by atoms with Crippen LogP contribution >= 0.6 is 11.8 Å². The van der Waals surface area contributed by atoms with E-state index in [2.05, 4.69) is 61.9 Å². The molecule has 1 atom stereocenters. The zero-order chi connectivity index (χ0) is 20.0.